The highest BCUT2D eigenvalue weighted by Crippen LogP contribution is 2.14. The molecule has 0 aliphatic heterocycles. The molecule has 2 atom stereocenters. The summed E-state index contributed by atoms with van der Waals surface area (Å²) >= 11 is 11.5. The minimum Gasteiger partial charge on any atom is -0.387 e. The fraction of sp³-hybridized carbons (Fsp3) is 0.750. The van der Waals surface area contributed by atoms with Crippen LogP contribution in [0.5, 0.6) is 0 Å². The topological polar surface area (TPSA) is 124 Å². The molecule has 8 heteroatoms. The van der Waals surface area contributed by atoms with Gasteiger partial charge in [0.2, 0.25) is 0 Å². The number of nitrogens with one attached hydrogen (secondary N) is 2. The lowest BCUT2D eigenvalue weighted by Gasteiger charge is -2.16. The monoisotopic (exact) mass is 266 g/mol. The van der Waals surface area contributed by atoms with E-state index in [0.29, 0.717) is 0 Å². The van der Waals surface area contributed by atoms with Crippen molar-refractivity contribution in [2.45, 2.75) is 11.8 Å². The van der Waals surface area contributed by atoms with Gasteiger partial charge in [0.15, 0.2) is 0 Å². The highest BCUT2D eigenvalue weighted by atomic mass is 35.5. The van der Waals surface area contributed by atoms with Crippen LogP contribution in [0.25, 0.3) is 0 Å². The smallest absolute Gasteiger partial charge is 0.119 e. The normalized spacial score (nSPS) is 16.9. The van der Waals surface area contributed by atoms with Gasteiger partial charge in [-0.1, -0.05) is 0 Å². The van der Waals surface area contributed by atoms with Crippen molar-refractivity contribution in [1.82, 2.24) is 0 Å². The van der Waals surface area contributed by atoms with Crippen LogP contribution in [-0.2, 0) is 0 Å². The number of rotatable bonds is 7. The number of hydrogen-bond acceptors (Lipinski definition) is 4. The Kier molecular flexibility index (Phi) is 6.28. The summed E-state index contributed by atoms with van der Waals surface area (Å²) in [6.45, 7) is 1.93. The predicted molar refractivity (Wildman–Crippen MR) is 66.9 cm³/mol. The van der Waals surface area contributed by atoms with E-state index < -0.39 is 4.87 Å². The maximum atomic E-state index is 7.19. The molecule has 0 aromatic carbocycles. The molecule has 0 saturated heterocycles. The van der Waals surface area contributed by atoms with E-state index in [0.717, 1.165) is 0 Å². The molecule has 0 aliphatic rings. The lowest BCUT2D eigenvalue weighted by Crippen LogP contribution is -2.37. The second-order valence-corrected chi connectivity index (χ2v) is 4.68. The lowest BCUT2D eigenvalue weighted by atomic mass is 10.1. The Bertz CT molecular complexity index is 288. The van der Waals surface area contributed by atoms with E-state index in [2.05, 4.69) is 10.2 Å². The molecule has 92 valence electrons. The average molecular weight is 267 g/mol. The van der Waals surface area contributed by atoms with Crippen LogP contribution in [-0.4, -0.2) is 35.5 Å². The van der Waals surface area contributed by atoms with Crippen LogP contribution >= 0.6 is 23.2 Å². The van der Waals surface area contributed by atoms with Gasteiger partial charge in [-0.3, -0.25) is 10.8 Å². The molecule has 0 rings (SSSR count). The van der Waals surface area contributed by atoms with Crippen LogP contribution in [0.15, 0.2) is 10.2 Å². The Hall–Kier alpha value is -0.880. The van der Waals surface area contributed by atoms with Crippen molar-refractivity contribution in [2.24, 2.45) is 27.6 Å². The minimum atomic E-state index is -1.02. The van der Waals surface area contributed by atoms with Gasteiger partial charge in [0, 0.05) is 5.88 Å². The van der Waals surface area contributed by atoms with Crippen molar-refractivity contribution in [3.05, 3.63) is 0 Å². The first-order valence-corrected chi connectivity index (χ1v) is 5.49. The zero-order valence-electron chi connectivity index (χ0n) is 9.00. The summed E-state index contributed by atoms with van der Waals surface area (Å²) in [5, 5.41) is 22.0. The summed E-state index contributed by atoms with van der Waals surface area (Å²) < 4.78 is 0. The Morgan fingerprint density at radius 1 is 1.38 bits per heavy atom. The van der Waals surface area contributed by atoms with Gasteiger partial charge in [0.25, 0.3) is 0 Å². The Morgan fingerprint density at radius 3 is 2.31 bits per heavy atom. The molecule has 6 nitrogen and oxygen atoms in total. The van der Waals surface area contributed by atoms with Crippen molar-refractivity contribution >= 4 is 34.9 Å². The van der Waals surface area contributed by atoms with Crippen molar-refractivity contribution in [1.29, 1.82) is 10.8 Å². The van der Waals surface area contributed by atoms with Gasteiger partial charge in [-0.25, -0.2) is 0 Å². The van der Waals surface area contributed by atoms with E-state index in [4.69, 9.17) is 45.5 Å². The molecule has 16 heavy (non-hydrogen) atoms. The second kappa shape index (κ2) is 6.65. The van der Waals surface area contributed by atoms with E-state index in [1.165, 1.54) is 0 Å². The fourth-order valence-electron chi connectivity index (χ4n) is 0.655. The number of alkyl halides is 2. The Balaban J connectivity index is 4.12. The molecule has 0 bridgehead atoms. The van der Waals surface area contributed by atoms with Crippen LogP contribution in [0.3, 0.4) is 0 Å². The molecular weight excluding hydrogens is 251 g/mol. The highest BCUT2D eigenvalue weighted by molar-refractivity contribution is 6.35. The summed E-state index contributed by atoms with van der Waals surface area (Å²) in [7, 11) is 0. The van der Waals surface area contributed by atoms with E-state index >= 15 is 0 Å². The quantitative estimate of drug-likeness (QED) is 0.239. The lowest BCUT2D eigenvalue weighted by molar-refractivity contribution is 0.697. The number of nitrogens with two attached hydrogens (primary N) is 2. The third kappa shape index (κ3) is 5.27. The number of nitrogens with zero attached hydrogens (tertiary/aromatic N) is 2. The number of amidine groups is 2. The number of azo groups is 1. The Morgan fingerprint density at radius 2 is 1.94 bits per heavy atom. The van der Waals surface area contributed by atoms with E-state index in [1.54, 1.807) is 6.92 Å². The SMILES string of the molecule is CC(Cl)(CN=NCC(CCl)C(=N)N)C(=N)N. The van der Waals surface area contributed by atoms with Crippen molar-refractivity contribution in [3.8, 4) is 0 Å². The van der Waals surface area contributed by atoms with Crippen LogP contribution in [0.1, 0.15) is 6.92 Å². The molecule has 0 amide bonds. The summed E-state index contributed by atoms with van der Waals surface area (Å²) in [6.07, 6.45) is 0. The Labute approximate surface area is 104 Å². The molecular formula is C8H16Cl2N6. The van der Waals surface area contributed by atoms with Gasteiger partial charge in [0.1, 0.15) is 10.7 Å². The van der Waals surface area contributed by atoms with Crippen LogP contribution < -0.4 is 11.5 Å². The minimum absolute atomic E-state index is 0.0193. The molecule has 0 fully saturated rings. The predicted octanol–water partition coefficient (Wildman–Crippen LogP) is 1.16. The average Bonchev–Trinajstić information content (AvgIpc) is 2.16. The third-order valence-corrected chi connectivity index (χ3v) is 2.65. The zero-order chi connectivity index (χ0) is 12.8. The van der Waals surface area contributed by atoms with Gasteiger partial charge in [-0.2, -0.15) is 10.2 Å². The summed E-state index contributed by atoms with van der Waals surface area (Å²) in [5.74, 6) is -0.272. The largest absolute Gasteiger partial charge is 0.387 e. The molecule has 0 heterocycles. The van der Waals surface area contributed by atoms with Crippen molar-refractivity contribution in [3.63, 3.8) is 0 Å². The molecule has 0 radical (unpaired) electrons. The first kappa shape index (κ1) is 15.1. The molecule has 0 spiro atoms. The molecule has 0 aromatic heterocycles. The molecule has 0 aliphatic carbocycles. The number of hydrogen-bond donors (Lipinski definition) is 4. The standard InChI is InChI=1S/C8H16Cl2N6/c1-8(10,7(13)14)4-16-15-3-5(2-9)6(11)12/h5H,2-4H2,1H3,(H3,11,12)(H3,13,14). The summed E-state index contributed by atoms with van der Waals surface area (Å²) in [6, 6.07) is 0. The maximum absolute atomic E-state index is 7.19. The van der Waals surface area contributed by atoms with Crippen LogP contribution in [0.2, 0.25) is 0 Å². The maximum Gasteiger partial charge on any atom is 0.119 e. The van der Waals surface area contributed by atoms with Gasteiger partial charge >= 0.3 is 0 Å². The van der Waals surface area contributed by atoms with E-state index in [-0.39, 0.29) is 36.6 Å². The second-order valence-electron chi connectivity index (χ2n) is 3.54. The third-order valence-electron chi connectivity index (χ3n) is 1.96. The van der Waals surface area contributed by atoms with Crippen LogP contribution in [0.4, 0.5) is 0 Å². The fourth-order valence-corrected chi connectivity index (χ4v) is 0.972. The van der Waals surface area contributed by atoms with Crippen molar-refractivity contribution in [2.75, 3.05) is 19.0 Å². The first-order chi connectivity index (χ1) is 7.31. The van der Waals surface area contributed by atoms with Gasteiger partial charge in [0.05, 0.1) is 24.8 Å². The molecule has 6 N–H and O–H groups in total. The zero-order valence-corrected chi connectivity index (χ0v) is 10.5. The van der Waals surface area contributed by atoms with E-state index in [1.807, 2.05) is 0 Å². The van der Waals surface area contributed by atoms with Gasteiger partial charge < -0.3 is 11.5 Å². The summed E-state index contributed by atoms with van der Waals surface area (Å²) in [5.41, 5.74) is 10.5. The number of halogens is 2. The van der Waals surface area contributed by atoms with Gasteiger partial charge in [-0.05, 0) is 6.92 Å². The van der Waals surface area contributed by atoms with Crippen LogP contribution in [0, 0.1) is 16.7 Å². The molecule has 0 aromatic rings. The summed E-state index contributed by atoms with van der Waals surface area (Å²) in [4.78, 5) is -1.02. The first-order valence-electron chi connectivity index (χ1n) is 4.57. The van der Waals surface area contributed by atoms with Crippen molar-refractivity contribution < 1.29 is 0 Å². The van der Waals surface area contributed by atoms with E-state index in [9.17, 15) is 0 Å². The van der Waals surface area contributed by atoms with Gasteiger partial charge in [-0.15, -0.1) is 23.2 Å². The molecule has 0 saturated carbocycles. The highest BCUT2D eigenvalue weighted by Gasteiger charge is 2.24. The molecule has 2 unspecified atom stereocenters.